The summed E-state index contributed by atoms with van der Waals surface area (Å²) in [6.45, 7) is 2.27. The van der Waals surface area contributed by atoms with Gasteiger partial charge in [0, 0.05) is 18.9 Å². The summed E-state index contributed by atoms with van der Waals surface area (Å²) in [5, 5.41) is 14.3. The molecule has 1 aliphatic rings. The molecule has 0 bridgehead atoms. The summed E-state index contributed by atoms with van der Waals surface area (Å²) in [5.41, 5.74) is 0.875. The van der Waals surface area contributed by atoms with E-state index in [4.69, 9.17) is 5.11 Å². The molecule has 1 aromatic rings. The van der Waals surface area contributed by atoms with E-state index in [1.165, 1.54) is 0 Å². The van der Waals surface area contributed by atoms with Crippen molar-refractivity contribution in [2.24, 2.45) is 0 Å². The number of hydrogen-bond acceptors (Lipinski definition) is 3. The van der Waals surface area contributed by atoms with Crippen molar-refractivity contribution < 1.29 is 14.7 Å². The Bertz CT molecular complexity index is 498. The first kappa shape index (κ1) is 13.3. The Labute approximate surface area is 111 Å². The number of nitrogens with one attached hydrogen (secondary N) is 2. The monoisotopic (exact) mass is 263 g/mol. The molecule has 1 fully saturated rings. The van der Waals surface area contributed by atoms with Gasteiger partial charge in [0.1, 0.15) is 5.54 Å². The van der Waals surface area contributed by atoms with Crippen LogP contribution in [-0.2, 0) is 11.3 Å². The maximum atomic E-state index is 11.7. The van der Waals surface area contributed by atoms with Gasteiger partial charge in [0.25, 0.3) is 0 Å². The van der Waals surface area contributed by atoms with E-state index in [1.807, 2.05) is 13.0 Å². The average molecular weight is 263 g/mol. The second-order valence-electron chi connectivity index (χ2n) is 4.85. The molecule has 1 aromatic heterocycles. The normalized spacial score (nSPS) is 16.3. The van der Waals surface area contributed by atoms with Crippen LogP contribution < -0.4 is 10.6 Å². The summed E-state index contributed by atoms with van der Waals surface area (Å²) < 4.78 is 0. The summed E-state index contributed by atoms with van der Waals surface area (Å²) in [7, 11) is 0. The van der Waals surface area contributed by atoms with Gasteiger partial charge in [-0.2, -0.15) is 0 Å². The Morgan fingerprint density at radius 2 is 2.21 bits per heavy atom. The van der Waals surface area contributed by atoms with Crippen LogP contribution in [0.2, 0.25) is 0 Å². The fraction of sp³-hybridized carbons (Fsp3) is 0.462. The minimum Gasteiger partial charge on any atom is -0.480 e. The Morgan fingerprint density at radius 1 is 1.47 bits per heavy atom. The van der Waals surface area contributed by atoms with Gasteiger partial charge in [-0.3, -0.25) is 4.98 Å². The van der Waals surface area contributed by atoms with Gasteiger partial charge in [0.2, 0.25) is 0 Å². The van der Waals surface area contributed by atoms with E-state index in [9.17, 15) is 9.59 Å². The van der Waals surface area contributed by atoms with E-state index < -0.39 is 17.5 Å². The Balaban J connectivity index is 1.89. The molecule has 6 nitrogen and oxygen atoms in total. The number of aromatic nitrogens is 1. The molecule has 1 saturated carbocycles. The summed E-state index contributed by atoms with van der Waals surface area (Å²) in [5.74, 6) is -0.964. The van der Waals surface area contributed by atoms with Crippen LogP contribution in [0.25, 0.3) is 0 Å². The number of amides is 2. The fourth-order valence-electron chi connectivity index (χ4n) is 2.06. The van der Waals surface area contributed by atoms with Crippen molar-refractivity contribution in [3.63, 3.8) is 0 Å². The molecule has 3 N–H and O–H groups in total. The molecule has 6 heteroatoms. The number of carboxylic acids is 1. The molecule has 19 heavy (non-hydrogen) atoms. The Morgan fingerprint density at radius 3 is 2.74 bits per heavy atom. The first-order valence-electron chi connectivity index (χ1n) is 6.22. The van der Waals surface area contributed by atoms with E-state index >= 15 is 0 Å². The lowest BCUT2D eigenvalue weighted by atomic mass is 9.77. The van der Waals surface area contributed by atoms with Gasteiger partial charge in [0.05, 0.1) is 0 Å². The molecule has 1 heterocycles. The van der Waals surface area contributed by atoms with Gasteiger partial charge in [0.15, 0.2) is 0 Å². The van der Waals surface area contributed by atoms with Gasteiger partial charge in [-0.05, 0) is 43.4 Å². The molecular formula is C13H17N3O3. The Hall–Kier alpha value is -2.11. The van der Waals surface area contributed by atoms with E-state index in [0.717, 1.165) is 17.5 Å². The minimum absolute atomic E-state index is 0.357. The van der Waals surface area contributed by atoms with Crippen LogP contribution in [0.1, 0.15) is 30.4 Å². The minimum atomic E-state index is -1.07. The fourth-order valence-corrected chi connectivity index (χ4v) is 2.06. The molecule has 0 aliphatic heterocycles. The second kappa shape index (κ2) is 5.26. The number of nitrogens with zero attached hydrogens (tertiary/aromatic N) is 1. The highest BCUT2D eigenvalue weighted by atomic mass is 16.4. The van der Waals surface area contributed by atoms with Crippen LogP contribution in [0.4, 0.5) is 4.79 Å². The Kier molecular flexibility index (Phi) is 3.69. The van der Waals surface area contributed by atoms with E-state index in [0.29, 0.717) is 19.4 Å². The third-order valence-electron chi connectivity index (χ3n) is 3.55. The lowest BCUT2D eigenvalue weighted by Gasteiger charge is -2.38. The zero-order valence-corrected chi connectivity index (χ0v) is 10.8. The van der Waals surface area contributed by atoms with E-state index in [1.54, 1.807) is 12.4 Å². The molecular weight excluding hydrogens is 246 g/mol. The lowest BCUT2D eigenvalue weighted by Crippen LogP contribution is -2.61. The number of aliphatic carboxylic acids is 1. The maximum Gasteiger partial charge on any atom is 0.329 e. The number of pyridine rings is 1. The first-order chi connectivity index (χ1) is 9.03. The molecule has 0 radical (unpaired) electrons. The van der Waals surface area contributed by atoms with Gasteiger partial charge < -0.3 is 15.7 Å². The SMILES string of the molecule is Cc1cnccc1CNC(=O)NC1(C(=O)O)CCC1. The van der Waals surface area contributed by atoms with Crippen molar-refractivity contribution in [2.45, 2.75) is 38.3 Å². The van der Waals surface area contributed by atoms with Crippen molar-refractivity contribution in [2.75, 3.05) is 0 Å². The van der Waals surface area contributed by atoms with Crippen LogP contribution in [0.3, 0.4) is 0 Å². The predicted molar refractivity (Wildman–Crippen MR) is 68.6 cm³/mol. The summed E-state index contributed by atoms with van der Waals surface area (Å²) >= 11 is 0. The van der Waals surface area contributed by atoms with E-state index in [-0.39, 0.29) is 0 Å². The number of carbonyl (C=O) groups is 2. The van der Waals surface area contributed by atoms with Crippen molar-refractivity contribution in [3.8, 4) is 0 Å². The first-order valence-corrected chi connectivity index (χ1v) is 6.22. The van der Waals surface area contributed by atoms with Crippen LogP contribution in [0.5, 0.6) is 0 Å². The smallest absolute Gasteiger partial charge is 0.329 e. The molecule has 102 valence electrons. The molecule has 0 atom stereocenters. The molecule has 0 spiro atoms. The van der Waals surface area contributed by atoms with Crippen molar-refractivity contribution in [3.05, 3.63) is 29.6 Å². The van der Waals surface area contributed by atoms with Crippen molar-refractivity contribution in [1.29, 1.82) is 0 Å². The van der Waals surface area contributed by atoms with Crippen LogP contribution in [0.15, 0.2) is 18.5 Å². The van der Waals surface area contributed by atoms with Crippen molar-refractivity contribution in [1.82, 2.24) is 15.6 Å². The quantitative estimate of drug-likeness (QED) is 0.761. The molecule has 0 aromatic carbocycles. The number of rotatable bonds is 4. The summed E-state index contributed by atoms with van der Waals surface area (Å²) in [4.78, 5) is 26.8. The van der Waals surface area contributed by atoms with Gasteiger partial charge >= 0.3 is 12.0 Å². The van der Waals surface area contributed by atoms with Crippen LogP contribution in [0, 0.1) is 6.92 Å². The third-order valence-corrected chi connectivity index (χ3v) is 3.55. The zero-order chi connectivity index (χ0) is 13.9. The topological polar surface area (TPSA) is 91.3 Å². The number of aryl methyl sites for hydroxylation is 1. The number of carboxylic acid groups (broad SMARTS) is 1. The van der Waals surface area contributed by atoms with Crippen molar-refractivity contribution >= 4 is 12.0 Å². The highest BCUT2D eigenvalue weighted by molar-refractivity contribution is 5.87. The standard InChI is InChI=1S/C13H17N3O3/c1-9-7-14-6-3-10(9)8-15-12(19)16-13(11(17)18)4-2-5-13/h3,6-7H,2,4-5,8H2,1H3,(H,17,18)(H2,15,16,19). The largest absolute Gasteiger partial charge is 0.480 e. The second-order valence-corrected chi connectivity index (χ2v) is 4.85. The highest BCUT2D eigenvalue weighted by Gasteiger charge is 2.45. The number of carbonyl (C=O) groups excluding carboxylic acids is 1. The zero-order valence-electron chi connectivity index (χ0n) is 10.8. The van der Waals surface area contributed by atoms with Crippen LogP contribution in [-0.4, -0.2) is 27.6 Å². The molecule has 2 rings (SSSR count). The summed E-state index contributed by atoms with van der Waals surface area (Å²) in [6.07, 6.45) is 5.19. The molecule has 0 saturated heterocycles. The highest BCUT2D eigenvalue weighted by Crippen LogP contribution is 2.31. The molecule has 2 amide bonds. The number of urea groups is 1. The summed E-state index contributed by atoms with van der Waals surface area (Å²) in [6, 6.07) is 1.38. The van der Waals surface area contributed by atoms with E-state index in [2.05, 4.69) is 15.6 Å². The third kappa shape index (κ3) is 2.83. The maximum absolute atomic E-state index is 11.7. The predicted octanol–water partition coefficient (Wildman–Crippen LogP) is 1.20. The lowest BCUT2D eigenvalue weighted by molar-refractivity contribution is -0.148. The molecule has 1 aliphatic carbocycles. The van der Waals surface area contributed by atoms with Gasteiger partial charge in [-0.25, -0.2) is 9.59 Å². The molecule has 0 unspecified atom stereocenters. The number of hydrogen-bond donors (Lipinski definition) is 3. The van der Waals surface area contributed by atoms with Crippen LogP contribution >= 0.6 is 0 Å². The van der Waals surface area contributed by atoms with Gasteiger partial charge in [-0.15, -0.1) is 0 Å². The van der Waals surface area contributed by atoms with Gasteiger partial charge in [-0.1, -0.05) is 0 Å². The average Bonchev–Trinajstić information content (AvgIpc) is 2.32.